The SMILES string of the molecule is CCC(CC)C(=O)N1CCC(C(O)c2ccccc2)CC1. The fraction of sp³-hybridized carbons (Fsp3) is 0.611. The van der Waals surface area contributed by atoms with Gasteiger partial charge in [0.25, 0.3) is 0 Å². The summed E-state index contributed by atoms with van der Waals surface area (Å²) in [6, 6.07) is 9.85. The van der Waals surface area contributed by atoms with E-state index in [0.29, 0.717) is 5.91 Å². The Hall–Kier alpha value is -1.35. The number of rotatable bonds is 5. The first-order chi connectivity index (χ1) is 10.2. The summed E-state index contributed by atoms with van der Waals surface area (Å²) in [4.78, 5) is 14.4. The molecule has 0 spiro atoms. The summed E-state index contributed by atoms with van der Waals surface area (Å²) in [5.74, 6) is 0.728. The Morgan fingerprint density at radius 2 is 1.76 bits per heavy atom. The predicted octanol–water partition coefficient (Wildman–Crippen LogP) is 3.39. The zero-order chi connectivity index (χ0) is 15.2. The van der Waals surface area contributed by atoms with Gasteiger partial charge in [0, 0.05) is 19.0 Å². The summed E-state index contributed by atoms with van der Waals surface area (Å²) >= 11 is 0. The lowest BCUT2D eigenvalue weighted by molar-refractivity contribution is -0.137. The molecule has 1 saturated heterocycles. The maximum Gasteiger partial charge on any atom is 0.225 e. The number of hydrogen-bond acceptors (Lipinski definition) is 2. The van der Waals surface area contributed by atoms with Crippen LogP contribution >= 0.6 is 0 Å². The van der Waals surface area contributed by atoms with Gasteiger partial charge in [-0.15, -0.1) is 0 Å². The third kappa shape index (κ3) is 3.85. The van der Waals surface area contributed by atoms with E-state index in [1.165, 1.54) is 0 Å². The van der Waals surface area contributed by atoms with Crippen LogP contribution in [-0.4, -0.2) is 29.0 Å². The van der Waals surface area contributed by atoms with Crippen LogP contribution < -0.4 is 0 Å². The molecule has 1 amide bonds. The van der Waals surface area contributed by atoms with Gasteiger partial charge in [-0.3, -0.25) is 4.79 Å². The zero-order valence-electron chi connectivity index (χ0n) is 13.2. The number of piperidine rings is 1. The van der Waals surface area contributed by atoms with Crippen LogP contribution in [0.25, 0.3) is 0 Å². The first-order valence-corrected chi connectivity index (χ1v) is 8.19. The van der Waals surface area contributed by atoms with E-state index in [2.05, 4.69) is 13.8 Å². The minimum absolute atomic E-state index is 0.167. The Bertz CT molecular complexity index is 434. The van der Waals surface area contributed by atoms with Crippen molar-refractivity contribution in [2.75, 3.05) is 13.1 Å². The molecular formula is C18H27NO2. The van der Waals surface area contributed by atoms with Crippen LogP contribution in [0.15, 0.2) is 30.3 Å². The van der Waals surface area contributed by atoms with Crippen molar-refractivity contribution in [1.29, 1.82) is 0 Å². The predicted molar refractivity (Wildman–Crippen MR) is 84.8 cm³/mol. The number of benzene rings is 1. The highest BCUT2D eigenvalue weighted by Gasteiger charge is 2.30. The van der Waals surface area contributed by atoms with Gasteiger partial charge in [0.1, 0.15) is 0 Å². The molecule has 21 heavy (non-hydrogen) atoms. The standard InChI is InChI=1S/C18H27NO2/c1-3-14(4-2)18(21)19-12-10-16(11-13-19)17(20)15-8-6-5-7-9-15/h5-9,14,16-17,20H,3-4,10-13H2,1-2H3. The molecular weight excluding hydrogens is 262 g/mol. The first-order valence-electron chi connectivity index (χ1n) is 8.19. The number of likely N-dealkylation sites (tertiary alicyclic amines) is 1. The lowest BCUT2D eigenvalue weighted by Crippen LogP contribution is -2.42. The molecule has 1 unspecified atom stereocenters. The normalized spacial score (nSPS) is 18.0. The lowest BCUT2D eigenvalue weighted by atomic mass is 9.87. The zero-order valence-corrected chi connectivity index (χ0v) is 13.2. The summed E-state index contributed by atoms with van der Waals surface area (Å²) in [6.07, 6.45) is 3.21. The molecule has 116 valence electrons. The third-order valence-electron chi connectivity index (χ3n) is 4.77. The van der Waals surface area contributed by atoms with E-state index in [0.717, 1.165) is 44.3 Å². The van der Waals surface area contributed by atoms with E-state index < -0.39 is 6.10 Å². The maximum absolute atomic E-state index is 12.4. The summed E-state index contributed by atoms with van der Waals surface area (Å²) in [7, 11) is 0. The molecule has 0 aliphatic carbocycles. The van der Waals surface area contributed by atoms with Crippen molar-refractivity contribution < 1.29 is 9.90 Å². The van der Waals surface area contributed by atoms with Crippen LogP contribution in [-0.2, 0) is 4.79 Å². The van der Waals surface area contributed by atoms with Gasteiger partial charge in [0.15, 0.2) is 0 Å². The molecule has 1 aliphatic rings. The van der Waals surface area contributed by atoms with Gasteiger partial charge in [-0.2, -0.15) is 0 Å². The van der Waals surface area contributed by atoms with Crippen LogP contribution in [0.3, 0.4) is 0 Å². The summed E-state index contributed by atoms with van der Waals surface area (Å²) < 4.78 is 0. The smallest absolute Gasteiger partial charge is 0.225 e. The van der Waals surface area contributed by atoms with Crippen LogP contribution in [0.2, 0.25) is 0 Å². The summed E-state index contributed by atoms with van der Waals surface area (Å²) in [5.41, 5.74) is 0.988. The first kappa shape index (κ1) is 16.0. The minimum Gasteiger partial charge on any atom is -0.388 e. The molecule has 1 aliphatic heterocycles. The second-order valence-corrected chi connectivity index (χ2v) is 6.03. The number of carbonyl (C=O) groups excluding carboxylic acids is 1. The molecule has 0 aromatic heterocycles. The lowest BCUT2D eigenvalue weighted by Gasteiger charge is -2.36. The van der Waals surface area contributed by atoms with Crippen LogP contribution in [0.5, 0.6) is 0 Å². The molecule has 0 radical (unpaired) electrons. The molecule has 1 aromatic carbocycles. The third-order valence-corrected chi connectivity index (χ3v) is 4.77. The fourth-order valence-corrected chi connectivity index (χ4v) is 3.25. The van der Waals surface area contributed by atoms with Crippen LogP contribution in [0.4, 0.5) is 0 Å². The molecule has 1 heterocycles. The Morgan fingerprint density at radius 1 is 1.19 bits per heavy atom. The van der Waals surface area contributed by atoms with Gasteiger partial charge in [-0.05, 0) is 37.2 Å². The van der Waals surface area contributed by atoms with E-state index >= 15 is 0 Å². The number of nitrogens with zero attached hydrogens (tertiary/aromatic N) is 1. The summed E-state index contributed by atoms with van der Waals surface area (Å²) in [6.45, 7) is 5.73. The average Bonchev–Trinajstić information content (AvgIpc) is 2.56. The number of hydrogen-bond donors (Lipinski definition) is 1. The van der Waals surface area contributed by atoms with E-state index in [4.69, 9.17) is 0 Å². The van der Waals surface area contributed by atoms with Gasteiger partial charge in [0.05, 0.1) is 6.10 Å². The van der Waals surface area contributed by atoms with E-state index in [1.54, 1.807) is 0 Å². The van der Waals surface area contributed by atoms with Crippen LogP contribution in [0.1, 0.15) is 51.2 Å². The largest absolute Gasteiger partial charge is 0.388 e. The van der Waals surface area contributed by atoms with Crippen molar-refractivity contribution in [3.63, 3.8) is 0 Å². The average molecular weight is 289 g/mol. The quantitative estimate of drug-likeness (QED) is 0.902. The van der Waals surface area contributed by atoms with Gasteiger partial charge >= 0.3 is 0 Å². The molecule has 1 aromatic rings. The maximum atomic E-state index is 12.4. The molecule has 3 heteroatoms. The highest BCUT2D eigenvalue weighted by Crippen LogP contribution is 2.31. The van der Waals surface area contributed by atoms with Crippen molar-refractivity contribution in [3.8, 4) is 0 Å². The molecule has 3 nitrogen and oxygen atoms in total. The van der Waals surface area contributed by atoms with Crippen LogP contribution in [0, 0.1) is 11.8 Å². The second kappa shape index (κ2) is 7.60. The Morgan fingerprint density at radius 3 is 2.29 bits per heavy atom. The van der Waals surface area contributed by atoms with Gasteiger partial charge in [-0.25, -0.2) is 0 Å². The topological polar surface area (TPSA) is 40.5 Å². The van der Waals surface area contributed by atoms with Crippen molar-refractivity contribution >= 4 is 5.91 Å². The van der Waals surface area contributed by atoms with Gasteiger partial charge in [0.2, 0.25) is 5.91 Å². The number of amides is 1. The van der Waals surface area contributed by atoms with Crippen molar-refractivity contribution in [1.82, 2.24) is 4.90 Å². The second-order valence-electron chi connectivity index (χ2n) is 6.03. The van der Waals surface area contributed by atoms with Gasteiger partial charge < -0.3 is 10.0 Å². The number of carbonyl (C=O) groups is 1. The van der Waals surface area contributed by atoms with Crippen molar-refractivity contribution in [2.45, 2.75) is 45.6 Å². The molecule has 1 atom stereocenters. The molecule has 2 rings (SSSR count). The Kier molecular flexibility index (Phi) is 5.80. The molecule has 0 saturated carbocycles. The highest BCUT2D eigenvalue weighted by atomic mass is 16.3. The van der Waals surface area contributed by atoms with E-state index in [9.17, 15) is 9.90 Å². The van der Waals surface area contributed by atoms with E-state index in [1.807, 2.05) is 35.2 Å². The van der Waals surface area contributed by atoms with Crippen molar-refractivity contribution in [3.05, 3.63) is 35.9 Å². The number of aliphatic hydroxyl groups excluding tert-OH is 1. The Labute approximate surface area is 128 Å². The fourth-order valence-electron chi connectivity index (χ4n) is 3.25. The molecule has 1 N–H and O–H groups in total. The number of aliphatic hydroxyl groups is 1. The van der Waals surface area contributed by atoms with E-state index in [-0.39, 0.29) is 11.8 Å². The van der Waals surface area contributed by atoms with Crippen molar-refractivity contribution in [2.24, 2.45) is 11.8 Å². The Balaban J connectivity index is 1.90. The molecule has 0 bridgehead atoms. The van der Waals surface area contributed by atoms with Gasteiger partial charge in [-0.1, -0.05) is 44.2 Å². The summed E-state index contributed by atoms with van der Waals surface area (Å²) in [5, 5.41) is 10.5. The minimum atomic E-state index is -0.406. The monoisotopic (exact) mass is 289 g/mol. The molecule has 1 fully saturated rings. The highest BCUT2D eigenvalue weighted by molar-refractivity contribution is 5.78.